The first-order valence-electron chi connectivity index (χ1n) is 8.42. The van der Waals surface area contributed by atoms with Gasteiger partial charge in [-0.25, -0.2) is 12.7 Å². The fourth-order valence-electron chi connectivity index (χ4n) is 3.37. The lowest BCUT2D eigenvalue weighted by Crippen LogP contribution is -2.48. The number of nitrogens with zero attached hydrogens (tertiary/aromatic N) is 1. The van der Waals surface area contributed by atoms with Crippen molar-refractivity contribution < 1.29 is 22.7 Å². The van der Waals surface area contributed by atoms with Crippen molar-refractivity contribution in [3.8, 4) is 11.5 Å². The number of nitrogens with one attached hydrogen (secondary N) is 1. The zero-order valence-corrected chi connectivity index (χ0v) is 15.3. The smallest absolute Gasteiger partial charge is 0.227 e. The first-order valence-corrected chi connectivity index (χ1v) is 10.3. The van der Waals surface area contributed by atoms with Crippen molar-refractivity contribution in [2.24, 2.45) is 5.92 Å². The second-order valence-corrected chi connectivity index (χ2v) is 8.59. The second kappa shape index (κ2) is 7.21. The topological polar surface area (TPSA) is 84.9 Å². The van der Waals surface area contributed by atoms with Gasteiger partial charge in [-0.15, -0.1) is 0 Å². The minimum absolute atomic E-state index is 0.0113. The number of rotatable bonds is 4. The summed E-state index contributed by atoms with van der Waals surface area (Å²) < 4.78 is 35.6. The molecule has 2 aliphatic heterocycles. The van der Waals surface area contributed by atoms with Gasteiger partial charge in [-0.1, -0.05) is 12.1 Å². The van der Waals surface area contributed by atoms with Crippen LogP contribution >= 0.6 is 0 Å². The standard InChI is InChI=1S/C17H24N2O5S/c1-23-15-5-3-4-12-10-13(11-24-16(12)15)17(20)18-14-6-8-19(9-7-14)25(2,21)22/h3-5,13-14H,6-11H2,1-2H3,(H,18,20)/t13-/m1/s1. The van der Waals surface area contributed by atoms with E-state index in [1.165, 1.54) is 10.6 Å². The molecular formula is C17H24N2O5S. The lowest BCUT2D eigenvalue weighted by molar-refractivity contribution is -0.127. The Kier molecular flexibility index (Phi) is 5.19. The summed E-state index contributed by atoms with van der Waals surface area (Å²) in [7, 11) is -1.55. The third-order valence-electron chi connectivity index (χ3n) is 4.82. The maximum Gasteiger partial charge on any atom is 0.227 e. The van der Waals surface area contributed by atoms with Crippen LogP contribution in [-0.4, -0.2) is 57.7 Å². The summed E-state index contributed by atoms with van der Waals surface area (Å²) in [5.74, 6) is 1.12. The number of para-hydroxylation sites is 1. The molecule has 1 aromatic carbocycles. The van der Waals surface area contributed by atoms with Gasteiger partial charge < -0.3 is 14.8 Å². The lowest BCUT2D eigenvalue weighted by Gasteiger charge is -2.32. The fourth-order valence-corrected chi connectivity index (χ4v) is 4.25. The molecule has 138 valence electrons. The van der Waals surface area contributed by atoms with Crippen LogP contribution in [0.25, 0.3) is 0 Å². The van der Waals surface area contributed by atoms with Crippen LogP contribution in [0.4, 0.5) is 0 Å². The van der Waals surface area contributed by atoms with Crippen LogP contribution in [0.15, 0.2) is 18.2 Å². The summed E-state index contributed by atoms with van der Waals surface area (Å²) in [4.78, 5) is 12.6. The highest BCUT2D eigenvalue weighted by atomic mass is 32.2. The Morgan fingerprint density at radius 2 is 2.04 bits per heavy atom. The minimum Gasteiger partial charge on any atom is -0.493 e. The van der Waals surface area contributed by atoms with E-state index in [0.717, 1.165) is 11.3 Å². The third-order valence-corrected chi connectivity index (χ3v) is 6.12. The van der Waals surface area contributed by atoms with E-state index in [4.69, 9.17) is 9.47 Å². The molecule has 0 unspecified atom stereocenters. The van der Waals surface area contributed by atoms with Crippen LogP contribution in [0.2, 0.25) is 0 Å². The molecule has 0 bridgehead atoms. The van der Waals surface area contributed by atoms with Crippen LogP contribution in [0.5, 0.6) is 11.5 Å². The number of hydrogen-bond acceptors (Lipinski definition) is 5. The average molecular weight is 368 g/mol. The van der Waals surface area contributed by atoms with Gasteiger partial charge in [0.2, 0.25) is 15.9 Å². The molecule has 0 spiro atoms. The highest BCUT2D eigenvalue weighted by molar-refractivity contribution is 7.88. The molecule has 0 aliphatic carbocycles. The number of carbonyl (C=O) groups excluding carboxylic acids is 1. The Bertz CT molecular complexity index is 741. The molecule has 8 heteroatoms. The molecule has 1 aromatic rings. The van der Waals surface area contributed by atoms with Crippen molar-refractivity contribution in [3.63, 3.8) is 0 Å². The molecule has 1 saturated heterocycles. The largest absolute Gasteiger partial charge is 0.493 e. The Balaban J connectivity index is 1.56. The van der Waals surface area contributed by atoms with Crippen molar-refractivity contribution in [1.82, 2.24) is 9.62 Å². The van der Waals surface area contributed by atoms with Crippen LogP contribution in [-0.2, 0) is 21.2 Å². The van der Waals surface area contributed by atoms with Gasteiger partial charge in [0.25, 0.3) is 0 Å². The van der Waals surface area contributed by atoms with Crippen molar-refractivity contribution >= 4 is 15.9 Å². The molecule has 1 atom stereocenters. The van der Waals surface area contributed by atoms with Crippen molar-refractivity contribution in [2.75, 3.05) is 33.1 Å². The number of methoxy groups -OCH3 is 1. The van der Waals surface area contributed by atoms with E-state index in [9.17, 15) is 13.2 Å². The maximum absolute atomic E-state index is 12.6. The SMILES string of the molecule is COc1cccc2c1OC[C@H](C(=O)NC1CCN(S(C)(=O)=O)CC1)C2. The van der Waals surface area contributed by atoms with Gasteiger partial charge in [-0.3, -0.25) is 4.79 Å². The van der Waals surface area contributed by atoms with Gasteiger partial charge in [0.05, 0.1) is 19.3 Å². The number of benzene rings is 1. The number of ether oxygens (including phenoxy) is 2. The van der Waals surface area contributed by atoms with E-state index in [-0.39, 0.29) is 17.9 Å². The Labute approximate surface area is 148 Å². The quantitative estimate of drug-likeness (QED) is 0.849. The first kappa shape index (κ1) is 18.0. The number of amides is 1. The van der Waals surface area contributed by atoms with E-state index < -0.39 is 10.0 Å². The summed E-state index contributed by atoms with van der Waals surface area (Å²) in [6.07, 6.45) is 3.10. The van der Waals surface area contributed by atoms with E-state index in [1.54, 1.807) is 7.11 Å². The van der Waals surface area contributed by atoms with Gasteiger partial charge in [0.1, 0.15) is 6.61 Å². The summed E-state index contributed by atoms with van der Waals surface area (Å²) in [6, 6.07) is 5.69. The fraction of sp³-hybridized carbons (Fsp3) is 0.588. The lowest BCUT2D eigenvalue weighted by atomic mass is 9.95. The molecule has 3 rings (SSSR count). The number of carbonyl (C=O) groups is 1. The summed E-state index contributed by atoms with van der Waals surface area (Å²) in [5, 5.41) is 3.05. The van der Waals surface area contributed by atoms with Gasteiger partial charge in [0.15, 0.2) is 11.5 Å². The van der Waals surface area contributed by atoms with E-state index >= 15 is 0 Å². The number of fused-ring (bicyclic) bond motifs is 1. The molecule has 7 nitrogen and oxygen atoms in total. The first-order chi connectivity index (χ1) is 11.9. The van der Waals surface area contributed by atoms with Crippen LogP contribution in [0.3, 0.4) is 0 Å². The molecule has 0 aromatic heterocycles. The summed E-state index contributed by atoms with van der Waals surface area (Å²) in [6.45, 7) is 1.22. The molecule has 1 N–H and O–H groups in total. The number of sulfonamides is 1. The molecular weight excluding hydrogens is 344 g/mol. The van der Waals surface area contributed by atoms with Crippen LogP contribution in [0, 0.1) is 5.92 Å². The molecule has 1 fully saturated rings. The zero-order valence-electron chi connectivity index (χ0n) is 14.5. The minimum atomic E-state index is -3.15. The number of hydrogen-bond donors (Lipinski definition) is 1. The molecule has 25 heavy (non-hydrogen) atoms. The molecule has 2 heterocycles. The Morgan fingerprint density at radius 3 is 2.68 bits per heavy atom. The van der Waals surface area contributed by atoms with E-state index in [2.05, 4.69) is 5.32 Å². The third kappa shape index (κ3) is 4.07. The summed E-state index contributed by atoms with van der Waals surface area (Å²) >= 11 is 0. The predicted octanol–water partition coefficient (Wildman–Crippen LogP) is 0.786. The predicted molar refractivity (Wildman–Crippen MR) is 93.3 cm³/mol. The van der Waals surface area contributed by atoms with Gasteiger partial charge in [0, 0.05) is 19.1 Å². The Hall–Kier alpha value is -1.80. The highest BCUT2D eigenvalue weighted by Crippen LogP contribution is 2.36. The summed E-state index contributed by atoms with van der Waals surface area (Å²) in [5.41, 5.74) is 0.970. The Morgan fingerprint density at radius 1 is 1.32 bits per heavy atom. The van der Waals surface area contributed by atoms with E-state index in [1.807, 2.05) is 18.2 Å². The molecule has 2 aliphatic rings. The normalized spacial score (nSPS) is 21.9. The zero-order chi connectivity index (χ0) is 18.0. The molecule has 0 saturated carbocycles. The highest BCUT2D eigenvalue weighted by Gasteiger charge is 2.31. The average Bonchev–Trinajstić information content (AvgIpc) is 2.60. The van der Waals surface area contributed by atoms with Gasteiger partial charge in [-0.2, -0.15) is 0 Å². The number of piperidine rings is 1. The molecule has 0 radical (unpaired) electrons. The van der Waals surface area contributed by atoms with E-state index in [0.29, 0.717) is 44.7 Å². The monoisotopic (exact) mass is 368 g/mol. The molecule has 1 amide bonds. The van der Waals surface area contributed by atoms with Gasteiger partial charge >= 0.3 is 0 Å². The van der Waals surface area contributed by atoms with Crippen molar-refractivity contribution in [1.29, 1.82) is 0 Å². The van der Waals surface area contributed by atoms with Crippen LogP contribution in [0.1, 0.15) is 18.4 Å². The second-order valence-electron chi connectivity index (χ2n) is 6.61. The van der Waals surface area contributed by atoms with Crippen molar-refractivity contribution in [2.45, 2.75) is 25.3 Å². The maximum atomic E-state index is 12.6. The van der Waals surface area contributed by atoms with Gasteiger partial charge in [-0.05, 0) is 30.9 Å². The van der Waals surface area contributed by atoms with Crippen LogP contribution < -0.4 is 14.8 Å². The van der Waals surface area contributed by atoms with Crippen molar-refractivity contribution in [3.05, 3.63) is 23.8 Å².